The monoisotopic (exact) mass is 297 g/mol. The van der Waals surface area contributed by atoms with E-state index in [0.29, 0.717) is 0 Å². The zero-order valence-electron chi connectivity index (χ0n) is 11.5. The van der Waals surface area contributed by atoms with Gasteiger partial charge in [0.1, 0.15) is 0 Å². The normalized spacial score (nSPS) is 10.5. The Labute approximate surface area is 129 Å². The van der Waals surface area contributed by atoms with Crippen molar-refractivity contribution in [3.05, 3.63) is 83.1 Å². The molecule has 3 rings (SSSR count). The third kappa shape index (κ3) is 3.86. The molecule has 0 amide bonds. The molecule has 21 heavy (non-hydrogen) atoms. The largest absolute Gasteiger partial charge is 0.378 e. The zero-order valence-corrected chi connectivity index (χ0v) is 12.3. The van der Waals surface area contributed by atoms with Crippen LogP contribution in [0.1, 0.15) is 11.1 Å². The van der Waals surface area contributed by atoms with Gasteiger partial charge < -0.3 is 5.32 Å². The van der Waals surface area contributed by atoms with E-state index >= 15 is 0 Å². The second-order valence-electron chi connectivity index (χ2n) is 4.90. The molecule has 4 heteroatoms. The SMILES string of the molecule is Clc1cccc(CNc2cnn(Cc3ccccc3)c2)c1. The van der Waals surface area contributed by atoms with Crippen LogP contribution in [0.2, 0.25) is 5.02 Å². The van der Waals surface area contributed by atoms with Crippen molar-refractivity contribution >= 4 is 17.3 Å². The lowest BCUT2D eigenvalue weighted by Crippen LogP contribution is -2.00. The fourth-order valence-corrected chi connectivity index (χ4v) is 2.38. The average Bonchev–Trinajstić information content (AvgIpc) is 2.94. The minimum absolute atomic E-state index is 0.734. The summed E-state index contributed by atoms with van der Waals surface area (Å²) >= 11 is 5.98. The molecule has 2 aromatic carbocycles. The van der Waals surface area contributed by atoms with E-state index < -0.39 is 0 Å². The van der Waals surface area contributed by atoms with Crippen LogP contribution in [0.5, 0.6) is 0 Å². The molecule has 0 aliphatic heterocycles. The molecule has 0 unspecified atom stereocenters. The van der Waals surface area contributed by atoms with Crippen LogP contribution in [-0.2, 0) is 13.1 Å². The fourth-order valence-electron chi connectivity index (χ4n) is 2.16. The van der Waals surface area contributed by atoms with Crippen molar-refractivity contribution in [2.45, 2.75) is 13.1 Å². The molecular formula is C17H16ClN3. The van der Waals surface area contributed by atoms with Gasteiger partial charge in [-0.1, -0.05) is 54.1 Å². The molecular weight excluding hydrogens is 282 g/mol. The van der Waals surface area contributed by atoms with Gasteiger partial charge in [-0.25, -0.2) is 0 Å². The standard InChI is InChI=1S/C17H16ClN3/c18-16-8-4-7-15(9-16)10-19-17-11-20-21(13-17)12-14-5-2-1-3-6-14/h1-9,11,13,19H,10,12H2. The predicted octanol–water partition coefficient (Wildman–Crippen LogP) is 4.20. The summed E-state index contributed by atoms with van der Waals surface area (Å²) in [5, 5.41) is 8.48. The maximum atomic E-state index is 5.98. The van der Waals surface area contributed by atoms with Gasteiger partial charge in [0.05, 0.1) is 18.4 Å². The Balaban J connectivity index is 1.60. The van der Waals surface area contributed by atoms with Gasteiger partial charge in [0.25, 0.3) is 0 Å². The molecule has 0 aliphatic rings. The van der Waals surface area contributed by atoms with Crippen LogP contribution in [0.25, 0.3) is 0 Å². The fraction of sp³-hybridized carbons (Fsp3) is 0.118. The Morgan fingerprint density at radius 3 is 2.62 bits per heavy atom. The van der Waals surface area contributed by atoms with Crippen LogP contribution < -0.4 is 5.32 Å². The van der Waals surface area contributed by atoms with Crippen molar-refractivity contribution in [2.24, 2.45) is 0 Å². The van der Waals surface area contributed by atoms with E-state index in [9.17, 15) is 0 Å². The van der Waals surface area contributed by atoms with Gasteiger partial charge in [-0.3, -0.25) is 4.68 Å². The van der Waals surface area contributed by atoms with Crippen molar-refractivity contribution in [2.75, 3.05) is 5.32 Å². The second-order valence-corrected chi connectivity index (χ2v) is 5.33. The number of nitrogens with one attached hydrogen (secondary N) is 1. The Morgan fingerprint density at radius 1 is 1.00 bits per heavy atom. The maximum absolute atomic E-state index is 5.98. The van der Waals surface area contributed by atoms with Gasteiger partial charge in [-0.2, -0.15) is 5.10 Å². The predicted molar refractivity (Wildman–Crippen MR) is 86.5 cm³/mol. The van der Waals surface area contributed by atoms with Crippen LogP contribution in [0.15, 0.2) is 67.0 Å². The first-order valence-electron chi connectivity index (χ1n) is 6.84. The molecule has 0 atom stereocenters. The van der Waals surface area contributed by atoms with Gasteiger partial charge in [0, 0.05) is 17.8 Å². The van der Waals surface area contributed by atoms with Crippen molar-refractivity contribution in [1.29, 1.82) is 0 Å². The lowest BCUT2D eigenvalue weighted by Gasteiger charge is -2.04. The molecule has 0 radical (unpaired) electrons. The van der Waals surface area contributed by atoms with Crippen LogP contribution in [0.4, 0.5) is 5.69 Å². The van der Waals surface area contributed by atoms with E-state index in [0.717, 1.165) is 29.4 Å². The molecule has 0 fully saturated rings. The third-order valence-corrected chi connectivity index (χ3v) is 3.44. The molecule has 0 bridgehead atoms. The number of hydrogen-bond acceptors (Lipinski definition) is 2. The van der Waals surface area contributed by atoms with Gasteiger partial charge in [0.2, 0.25) is 0 Å². The molecule has 3 nitrogen and oxygen atoms in total. The molecule has 1 aromatic heterocycles. The summed E-state index contributed by atoms with van der Waals surface area (Å²) in [4.78, 5) is 0. The number of benzene rings is 2. The Bertz CT molecular complexity index is 707. The number of aromatic nitrogens is 2. The van der Waals surface area contributed by atoms with Gasteiger partial charge >= 0.3 is 0 Å². The summed E-state index contributed by atoms with van der Waals surface area (Å²) in [7, 11) is 0. The molecule has 0 aliphatic carbocycles. The van der Waals surface area contributed by atoms with Crippen molar-refractivity contribution in [3.8, 4) is 0 Å². The third-order valence-electron chi connectivity index (χ3n) is 3.21. The van der Waals surface area contributed by atoms with Gasteiger partial charge in [0.15, 0.2) is 0 Å². The lowest BCUT2D eigenvalue weighted by atomic mass is 10.2. The van der Waals surface area contributed by atoms with Crippen LogP contribution in [-0.4, -0.2) is 9.78 Å². The zero-order chi connectivity index (χ0) is 14.5. The first-order valence-corrected chi connectivity index (χ1v) is 7.22. The van der Waals surface area contributed by atoms with E-state index in [1.54, 1.807) is 0 Å². The second kappa shape index (κ2) is 6.46. The molecule has 0 spiro atoms. The number of nitrogens with zero attached hydrogens (tertiary/aromatic N) is 2. The number of halogens is 1. The summed E-state index contributed by atoms with van der Waals surface area (Å²) in [6, 6.07) is 18.1. The van der Waals surface area contributed by atoms with Gasteiger partial charge in [-0.05, 0) is 23.3 Å². The minimum Gasteiger partial charge on any atom is -0.378 e. The molecule has 1 N–H and O–H groups in total. The van der Waals surface area contributed by atoms with E-state index in [4.69, 9.17) is 11.6 Å². The lowest BCUT2D eigenvalue weighted by molar-refractivity contribution is 0.687. The first-order chi connectivity index (χ1) is 10.3. The summed E-state index contributed by atoms with van der Waals surface area (Å²) in [5.74, 6) is 0. The van der Waals surface area contributed by atoms with Crippen molar-refractivity contribution in [1.82, 2.24) is 9.78 Å². The molecule has 106 valence electrons. The van der Waals surface area contributed by atoms with Gasteiger partial charge in [-0.15, -0.1) is 0 Å². The van der Waals surface area contributed by atoms with Crippen LogP contribution in [0.3, 0.4) is 0 Å². The van der Waals surface area contributed by atoms with Crippen molar-refractivity contribution < 1.29 is 0 Å². The summed E-state index contributed by atoms with van der Waals surface area (Å²) in [6.45, 7) is 1.51. The highest BCUT2D eigenvalue weighted by Gasteiger charge is 2.00. The summed E-state index contributed by atoms with van der Waals surface area (Å²) in [5.41, 5.74) is 3.39. The van der Waals surface area contributed by atoms with Crippen molar-refractivity contribution in [3.63, 3.8) is 0 Å². The highest BCUT2D eigenvalue weighted by molar-refractivity contribution is 6.30. The van der Waals surface area contributed by atoms with E-state index in [1.807, 2.05) is 59.5 Å². The van der Waals surface area contributed by atoms with E-state index in [1.165, 1.54) is 5.56 Å². The number of hydrogen-bond donors (Lipinski definition) is 1. The Hall–Kier alpha value is -2.26. The van der Waals surface area contributed by atoms with E-state index in [2.05, 4.69) is 22.5 Å². The quantitative estimate of drug-likeness (QED) is 0.765. The molecule has 1 heterocycles. The topological polar surface area (TPSA) is 29.9 Å². The summed E-state index contributed by atoms with van der Waals surface area (Å²) in [6.07, 6.45) is 3.85. The number of anilines is 1. The molecule has 3 aromatic rings. The maximum Gasteiger partial charge on any atom is 0.0729 e. The Kier molecular flexibility index (Phi) is 4.22. The summed E-state index contributed by atoms with van der Waals surface area (Å²) < 4.78 is 1.93. The highest BCUT2D eigenvalue weighted by atomic mass is 35.5. The van der Waals surface area contributed by atoms with E-state index in [-0.39, 0.29) is 0 Å². The minimum atomic E-state index is 0.734. The molecule has 0 saturated carbocycles. The van der Waals surface area contributed by atoms with Crippen LogP contribution >= 0.6 is 11.6 Å². The Morgan fingerprint density at radius 2 is 1.81 bits per heavy atom. The smallest absolute Gasteiger partial charge is 0.0729 e. The molecule has 0 saturated heterocycles. The highest BCUT2D eigenvalue weighted by Crippen LogP contribution is 2.13. The first kappa shape index (κ1) is 13.7. The average molecular weight is 298 g/mol. The number of rotatable bonds is 5. The van der Waals surface area contributed by atoms with Crippen LogP contribution in [0, 0.1) is 0 Å².